The van der Waals surface area contributed by atoms with Crippen LogP contribution in [0, 0.1) is 0 Å². The summed E-state index contributed by atoms with van der Waals surface area (Å²) >= 11 is 0. The lowest BCUT2D eigenvalue weighted by molar-refractivity contribution is -0.122. The second kappa shape index (κ2) is 8.88. The summed E-state index contributed by atoms with van der Waals surface area (Å²) < 4.78 is 5.36. The average molecular weight is 306 g/mol. The number of likely N-dealkylation sites (tertiary alicyclic amines) is 1. The van der Waals surface area contributed by atoms with Gasteiger partial charge in [0.15, 0.2) is 0 Å². The van der Waals surface area contributed by atoms with E-state index in [-0.39, 0.29) is 18.6 Å². The SMILES string of the molecule is CCOCc1ccc(CNC(=O)CN2CCC[C@@H]2CO)cc1. The molecule has 0 unspecified atom stereocenters. The van der Waals surface area contributed by atoms with Gasteiger partial charge in [0.1, 0.15) is 0 Å². The van der Waals surface area contributed by atoms with Crippen LogP contribution in [-0.4, -0.2) is 48.3 Å². The highest BCUT2D eigenvalue weighted by Gasteiger charge is 2.25. The summed E-state index contributed by atoms with van der Waals surface area (Å²) in [5, 5.41) is 12.2. The van der Waals surface area contributed by atoms with Crippen LogP contribution < -0.4 is 5.32 Å². The number of nitrogens with one attached hydrogen (secondary N) is 1. The average Bonchev–Trinajstić information content (AvgIpc) is 2.99. The van der Waals surface area contributed by atoms with Crippen molar-refractivity contribution in [1.29, 1.82) is 0 Å². The van der Waals surface area contributed by atoms with Crippen LogP contribution in [0.2, 0.25) is 0 Å². The number of ether oxygens (including phenoxy) is 1. The van der Waals surface area contributed by atoms with E-state index in [1.165, 1.54) is 0 Å². The van der Waals surface area contributed by atoms with Crippen molar-refractivity contribution in [2.24, 2.45) is 0 Å². The van der Waals surface area contributed by atoms with E-state index in [2.05, 4.69) is 10.2 Å². The molecule has 2 rings (SSSR count). The number of rotatable bonds is 8. The van der Waals surface area contributed by atoms with E-state index in [4.69, 9.17) is 4.74 Å². The zero-order valence-electron chi connectivity index (χ0n) is 13.3. The third-order valence-electron chi connectivity index (χ3n) is 4.04. The van der Waals surface area contributed by atoms with Crippen LogP contribution in [-0.2, 0) is 22.7 Å². The highest BCUT2D eigenvalue weighted by Crippen LogP contribution is 2.15. The molecular weight excluding hydrogens is 280 g/mol. The largest absolute Gasteiger partial charge is 0.395 e. The maximum Gasteiger partial charge on any atom is 0.234 e. The van der Waals surface area contributed by atoms with E-state index in [0.29, 0.717) is 26.3 Å². The van der Waals surface area contributed by atoms with Crippen molar-refractivity contribution in [2.75, 3.05) is 26.3 Å². The summed E-state index contributed by atoms with van der Waals surface area (Å²) in [6.45, 7) is 5.24. The number of carbonyl (C=O) groups excluding carboxylic acids is 1. The number of hydrogen-bond acceptors (Lipinski definition) is 4. The molecule has 5 heteroatoms. The van der Waals surface area contributed by atoms with Crippen LogP contribution in [0.1, 0.15) is 30.9 Å². The van der Waals surface area contributed by atoms with Gasteiger partial charge in [0.2, 0.25) is 5.91 Å². The first-order chi connectivity index (χ1) is 10.7. The molecule has 122 valence electrons. The molecule has 1 aromatic rings. The quantitative estimate of drug-likeness (QED) is 0.760. The molecule has 1 aromatic carbocycles. The predicted octanol–water partition coefficient (Wildman–Crippen LogP) is 1.30. The molecule has 22 heavy (non-hydrogen) atoms. The smallest absolute Gasteiger partial charge is 0.234 e. The summed E-state index contributed by atoms with van der Waals surface area (Å²) in [7, 11) is 0. The minimum absolute atomic E-state index is 0.0127. The Morgan fingerprint density at radius 1 is 1.36 bits per heavy atom. The molecule has 0 radical (unpaired) electrons. The summed E-state index contributed by atoms with van der Waals surface area (Å²) in [6, 6.07) is 8.23. The number of nitrogens with zero attached hydrogens (tertiary/aromatic N) is 1. The Morgan fingerprint density at radius 2 is 2.09 bits per heavy atom. The third-order valence-corrected chi connectivity index (χ3v) is 4.04. The van der Waals surface area contributed by atoms with E-state index in [9.17, 15) is 9.90 Å². The Morgan fingerprint density at radius 3 is 2.77 bits per heavy atom. The van der Waals surface area contributed by atoms with Crippen molar-refractivity contribution in [1.82, 2.24) is 10.2 Å². The summed E-state index contributed by atoms with van der Waals surface area (Å²) in [5.41, 5.74) is 2.22. The van der Waals surface area contributed by atoms with Gasteiger partial charge in [-0.2, -0.15) is 0 Å². The Labute approximate surface area is 132 Å². The highest BCUT2D eigenvalue weighted by molar-refractivity contribution is 5.78. The first-order valence-corrected chi connectivity index (χ1v) is 8.00. The summed E-state index contributed by atoms with van der Waals surface area (Å²) in [4.78, 5) is 14.0. The monoisotopic (exact) mass is 306 g/mol. The molecule has 0 saturated carbocycles. The standard InChI is InChI=1S/C17H26N2O3/c1-2-22-13-15-7-5-14(6-8-15)10-18-17(21)11-19-9-3-4-16(19)12-20/h5-8,16,20H,2-4,9-13H2,1H3,(H,18,21)/t16-/m1/s1. The second-order valence-corrected chi connectivity index (χ2v) is 5.68. The molecule has 2 N–H and O–H groups in total. The van der Waals surface area contributed by atoms with Gasteiger partial charge in [-0.15, -0.1) is 0 Å². The number of aliphatic hydroxyl groups is 1. The van der Waals surface area contributed by atoms with Gasteiger partial charge in [-0.05, 0) is 37.4 Å². The van der Waals surface area contributed by atoms with Crippen molar-refractivity contribution in [3.05, 3.63) is 35.4 Å². The van der Waals surface area contributed by atoms with Crippen LogP contribution in [0.5, 0.6) is 0 Å². The minimum Gasteiger partial charge on any atom is -0.395 e. The van der Waals surface area contributed by atoms with Crippen molar-refractivity contribution in [3.63, 3.8) is 0 Å². The van der Waals surface area contributed by atoms with Gasteiger partial charge < -0.3 is 15.2 Å². The van der Waals surface area contributed by atoms with Crippen LogP contribution in [0.3, 0.4) is 0 Å². The first kappa shape index (κ1) is 16.9. The van der Waals surface area contributed by atoms with Crippen LogP contribution >= 0.6 is 0 Å². The van der Waals surface area contributed by atoms with Crippen LogP contribution in [0.4, 0.5) is 0 Å². The van der Waals surface area contributed by atoms with Crippen LogP contribution in [0.15, 0.2) is 24.3 Å². The number of aliphatic hydroxyl groups excluding tert-OH is 1. The fourth-order valence-corrected chi connectivity index (χ4v) is 2.72. The molecule has 1 atom stereocenters. The van der Waals surface area contributed by atoms with Gasteiger partial charge >= 0.3 is 0 Å². The zero-order chi connectivity index (χ0) is 15.8. The lowest BCUT2D eigenvalue weighted by atomic mass is 10.1. The molecule has 0 bridgehead atoms. The molecule has 0 aromatic heterocycles. The molecule has 1 aliphatic rings. The number of hydrogen-bond donors (Lipinski definition) is 2. The predicted molar refractivity (Wildman–Crippen MR) is 85.3 cm³/mol. The Balaban J connectivity index is 1.73. The molecule has 1 aliphatic heterocycles. The van der Waals surface area contributed by atoms with E-state index in [1.807, 2.05) is 31.2 Å². The Bertz CT molecular complexity index is 461. The maximum atomic E-state index is 12.0. The molecule has 1 heterocycles. The lowest BCUT2D eigenvalue weighted by Crippen LogP contribution is -2.40. The normalized spacial score (nSPS) is 18.5. The molecule has 1 saturated heterocycles. The van der Waals surface area contributed by atoms with Crippen molar-refractivity contribution >= 4 is 5.91 Å². The highest BCUT2D eigenvalue weighted by atomic mass is 16.5. The molecule has 0 aliphatic carbocycles. The molecule has 1 amide bonds. The van der Waals surface area contributed by atoms with Gasteiger partial charge in [-0.3, -0.25) is 9.69 Å². The summed E-state index contributed by atoms with van der Waals surface area (Å²) in [5.74, 6) is 0.0127. The van der Waals surface area contributed by atoms with Crippen molar-refractivity contribution in [3.8, 4) is 0 Å². The zero-order valence-corrected chi connectivity index (χ0v) is 13.3. The third kappa shape index (κ3) is 5.09. The van der Waals surface area contributed by atoms with Crippen molar-refractivity contribution < 1.29 is 14.6 Å². The molecule has 5 nitrogen and oxygen atoms in total. The molecular formula is C17H26N2O3. The maximum absolute atomic E-state index is 12.0. The van der Waals surface area contributed by atoms with E-state index in [0.717, 1.165) is 30.5 Å². The van der Waals surface area contributed by atoms with Crippen LogP contribution in [0.25, 0.3) is 0 Å². The molecule has 1 fully saturated rings. The van der Waals surface area contributed by atoms with Gasteiger partial charge in [0, 0.05) is 19.2 Å². The number of amides is 1. The van der Waals surface area contributed by atoms with Gasteiger partial charge in [0.25, 0.3) is 0 Å². The topological polar surface area (TPSA) is 61.8 Å². The Kier molecular flexibility index (Phi) is 6.83. The number of benzene rings is 1. The van der Waals surface area contributed by atoms with Gasteiger partial charge in [-0.1, -0.05) is 24.3 Å². The lowest BCUT2D eigenvalue weighted by Gasteiger charge is -2.21. The molecule has 0 spiro atoms. The van der Waals surface area contributed by atoms with Crippen molar-refractivity contribution in [2.45, 2.75) is 39.0 Å². The van der Waals surface area contributed by atoms with E-state index >= 15 is 0 Å². The van der Waals surface area contributed by atoms with E-state index < -0.39 is 0 Å². The Hall–Kier alpha value is -1.43. The second-order valence-electron chi connectivity index (χ2n) is 5.68. The fraction of sp³-hybridized carbons (Fsp3) is 0.588. The summed E-state index contributed by atoms with van der Waals surface area (Å²) in [6.07, 6.45) is 2.03. The van der Waals surface area contributed by atoms with E-state index in [1.54, 1.807) is 0 Å². The minimum atomic E-state index is 0.0127. The fourth-order valence-electron chi connectivity index (χ4n) is 2.72. The van der Waals surface area contributed by atoms with Gasteiger partial charge in [0.05, 0.1) is 19.8 Å². The van der Waals surface area contributed by atoms with Gasteiger partial charge in [-0.25, -0.2) is 0 Å². The first-order valence-electron chi connectivity index (χ1n) is 8.00. The number of carbonyl (C=O) groups is 1.